The molecule has 3 aromatic rings. The summed E-state index contributed by atoms with van der Waals surface area (Å²) >= 11 is 6.29. The Morgan fingerprint density at radius 2 is 2.25 bits per heavy atom. The number of fused-ring (bicyclic) bond motifs is 3. The lowest BCUT2D eigenvalue weighted by molar-refractivity contribution is 0.0601. The quantitative estimate of drug-likeness (QED) is 0.724. The molecule has 0 saturated carbocycles. The van der Waals surface area contributed by atoms with Crippen molar-refractivity contribution in [3.63, 3.8) is 0 Å². The molecule has 3 heterocycles. The number of ether oxygens (including phenoxy) is 1. The molecule has 1 aliphatic heterocycles. The van der Waals surface area contributed by atoms with E-state index < -0.39 is 0 Å². The van der Waals surface area contributed by atoms with Crippen LogP contribution in [0.3, 0.4) is 0 Å². The van der Waals surface area contributed by atoms with Crippen molar-refractivity contribution in [3.8, 4) is 0 Å². The Bertz CT molecular complexity index is 935. The van der Waals surface area contributed by atoms with Crippen LogP contribution in [0.5, 0.6) is 0 Å². The van der Waals surface area contributed by atoms with Gasteiger partial charge in [-0.3, -0.25) is 4.98 Å². The van der Waals surface area contributed by atoms with E-state index >= 15 is 0 Å². The van der Waals surface area contributed by atoms with Crippen LogP contribution in [0.15, 0.2) is 36.7 Å². The van der Waals surface area contributed by atoms with Crippen LogP contribution in [0.4, 0.5) is 5.69 Å². The van der Waals surface area contributed by atoms with E-state index in [4.69, 9.17) is 16.3 Å². The Hall–Kier alpha value is -2.53. The number of nitrogens with zero attached hydrogens (tertiary/aromatic N) is 2. The Labute approximate surface area is 144 Å². The number of aromatic nitrogens is 2. The maximum atomic E-state index is 11.8. The van der Waals surface area contributed by atoms with Crippen molar-refractivity contribution >= 4 is 34.2 Å². The summed E-state index contributed by atoms with van der Waals surface area (Å²) in [6, 6.07) is 7.55. The molecule has 0 fully saturated rings. The number of hydrogen-bond acceptors (Lipinski definition) is 4. The van der Waals surface area contributed by atoms with Crippen LogP contribution in [0.2, 0.25) is 5.02 Å². The molecule has 6 heteroatoms. The van der Waals surface area contributed by atoms with E-state index in [0.717, 1.165) is 36.1 Å². The Morgan fingerprint density at radius 3 is 3.04 bits per heavy atom. The van der Waals surface area contributed by atoms with Crippen LogP contribution < -0.4 is 4.90 Å². The Morgan fingerprint density at radius 1 is 1.38 bits per heavy atom. The van der Waals surface area contributed by atoms with Crippen LogP contribution >= 0.6 is 11.6 Å². The van der Waals surface area contributed by atoms with E-state index in [1.807, 2.05) is 18.2 Å². The van der Waals surface area contributed by atoms with Crippen LogP contribution in [-0.2, 0) is 17.7 Å². The zero-order valence-electron chi connectivity index (χ0n) is 13.2. The highest BCUT2D eigenvalue weighted by Crippen LogP contribution is 2.33. The second-order valence-electron chi connectivity index (χ2n) is 5.83. The summed E-state index contributed by atoms with van der Waals surface area (Å²) in [4.78, 5) is 21.6. The number of anilines is 1. The fraction of sp³-hybridized carbons (Fsp3) is 0.222. The maximum Gasteiger partial charge on any atom is 0.337 e. The number of hydrogen-bond donors (Lipinski definition) is 1. The Kier molecular flexibility index (Phi) is 3.65. The topological polar surface area (TPSA) is 58.2 Å². The zero-order chi connectivity index (χ0) is 16.7. The summed E-state index contributed by atoms with van der Waals surface area (Å²) in [5, 5.41) is 1.71. The number of halogens is 1. The molecule has 122 valence electrons. The van der Waals surface area contributed by atoms with Gasteiger partial charge in [-0.1, -0.05) is 11.6 Å². The minimum absolute atomic E-state index is 0.323. The molecule has 0 saturated heterocycles. The molecule has 1 aliphatic rings. The van der Waals surface area contributed by atoms with Crippen molar-refractivity contribution in [2.24, 2.45) is 0 Å². The average molecular weight is 342 g/mol. The van der Waals surface area contributed by atoms with E-state index in [1.54, 1.807) is 18.5 Å². The summed E-state index contributed by atoms with van der Waals surface area (Å²) in [6.45, 7) is 1.62. The normalized spacial score (nSPS) is 13.8. The third-order valence-electron chi connectivity index (χ3n) is 4.49. The first-order valence-corrected chi connectivity index (χ1v) is 8.11. The predicted molar refractivity (Wildman–Crippen MR) is 93.6 cm³/mol. The first-order chi connectivity index (χ1) is 11.7. The van der Waals surface area contributed by atoms with Gasteiger partial charge in [0.05, 0.1) is 23.4 Å². The molecule has 1 N–H and O–H groups in total. The Balaban J connectivity index is 1.76. The molecule has 24 heavy (non-hydrogen) atoms. The van der Waals surface area contributed by atoms with Crippen molar-refractivity contribution in [2.75, 3.05) is 18.6 Å². The van der Waals surface area contributed by atoms with E-state index in [9.17, 15) is 4.79 Å². The number of H-pyrrole nitrogens is 1. The molecule has 2 aromatic heterocycles. The van der Waals surface area contributed by atoms with E-state index in [0.29, 0.717) is 10.6 Å². The van der Waals surface area contributed by atoms with Gasteiger partial charge in [-0.2, -0.15) is 0 Å². The van der Waals surface area contributed by atoms with Gasteiger partial charge in [-0.25, -0.2) is 4.79 Å². The molecule has 0 amide bonds. The first kappa shape index (κ1) is 15.0. The van der Waals surface area contributed by atoms with Gasteiger partial charge in [0.25, 0.3) is 0 Å². The van der Waals surface area contributed by atoms with Gasteiger partial charge in [-0.05, 0) is 24.3 Å². The number of rotatable bonds is 2. The molecule has 0 radical (unpaired) electrons. The second kappa shape index (κ2) is 5.83. The number of carbonyl (C=O) groups excluding carboxylic acids is 1. The fourth-order valence-electron chi connectivity index (χ4n) is 3.29. The number of nitrogens with one attached hydrogen (secondary N) is 1. The predicted octanol–water partition coefficient (Wildman–Crippen LogP) is 3.57. The minimum Gasteiger partial charge on any atom is -0.465 e. The van der Waals surface area contributed by atoms with Gasteiger partial charge in [0, 0.05) is 54.1 Å². The lowest BCUT2D eigenvalue weighted by atomic mass is 10.0. The summed E-state index contributed by atoms with van der Waals surface area (Å²) in [5.74, 6) is -0.323. The molecular weight excluding hydrogens is 326 g/mol. The molecule has 4 rings (SSSR count). The monoisotopic (exact) mass is 341 g/mol. The lowest BCUT2D eigenvalue weighted by Crippen LogP contribution is -2.30. The van der Waals surface area contributed by atoms with Gasteiger partial charge in [-0.15, -0.1) is 0 Å². The number of esters is 1. The number of pyridine rings is 1. The molecule has 0 atom stereocenters. The highest BCUT2D eigenvalue weighted by atomic mass is 35.5. The third-order valence-corrected chi connectivity index (χ3v) is 4.78. The minimum atomic E-state index is -0.323. The zero-order valence-corrected chi connectivity index (χ0v) is 13.9. The summed E-state index contributed by atoms with van der Waals surface area (Å²) in [6.07, 6.45) is 4.31. The fourth-order valence-corrected chi connectivity index (χ4v) is 3.53. The second-order valence-corrected chi connectivity index (χ2v) is 6.24. The van der Waals surface area contributed by atoms with Crippen molar-refractivity contribution in [1.29, 1.82) is 0 Å². The number of aromatic amines is 1. The van der Waals surface area contributed by atoms with Crippen molar-refractivity contribution in [2.45, 2.75) is 13.0 Å². The van der Waals surface area contributed by atoms with Crippen LogP contribution in [0.1, 0.15) is 21.6 Å². The lowest BCUT2D eigenvalue weighted by Gasteiger charge is -2.29. The van der Waals surface area contributed by atoms with Crippen molar-refractivity contribution in [1.82, 2.24) is 9.97 Å². The van der Waals surface area contributed by atoms with Gasteiger partial charge in [0.1, 0.15) is 0 Å². The molecule has 0 spiro atoms. The highest BCUT2D eigenvalue weighted by Gasteiger charge is 2.23. The standard InChI is InChI=1S/C18H16ClN3O2/c1-24-18(23)11-2-3-15-12(8-11)13-10-22(7-5-16(13)21-15)17-4-6-20-9-14(17)19/h2-4,6,8-9,21H,5,7,10H2,1H3. The largest absolute Gasteiger partial charge is 0.465 e. The summed E-state index contributed by atoms with van der Waals surface area (Å²) in [7, 11) is 1.40. The van der Waals surface area contributed by atoms with Crippen LogP contribution in [0.25, 0.3) is 10.9 Å². The van der Waals surface area contributed by atoms with Gasteiger partial charge in [0.2, 0.25) is 0 Å². The molecular formula is C18H16ClN3O2. The molecule has 0 unspecified atom stereocenters. The molecule has 0 aliphatic carbocycles. The average Bonchev–Trinajstić information content (AvgIpc) is 2.98. The molecule has 1 aromatic carbocycles. The maximum absolute atomic E-state index is 11.8. The van der Waals surface area contributed by atoms with Gasteiger partial charge >= 0.3 is 5.97 Å². The van der Waals surface area contributed by atoms with Crippen LogP contribution in [0, 0.1) is 0 Å². The molecule has 5 nitrogen and oxygen atoms in total. The van der Waals surface area contributed by atoms with Crippen molar-refractivity contribution < 1.29 is 9.53 Å². The van der Waals surface area contributed by atoms with Gasteiger partial charge in [0.15, 0.2) is 0 Å². The van der Waals surface area contributed by atoms with E-state index in [-0.39, 0.29) is 5.97 Å². The SMILES string of the molecule is COC(=O)c1ccc2[nH]c3c(c2c1)CN(c1ccncc1Cl)CC3. The smallest absolute Gasteiger partial charge is 0.337 e. The highest BCUT2D eigenvalue weighted by molar-refractivity contribution is 6.33. The van der Waals surface area contributed by atoms with E-state index in [2.05, 4.69) is 14.9 Å². The van der Waals surface area contributed by atoms with Gasteiger partial charge < -0.3 is 14.6 Å². The summed E-state index contributed by atoms with van der Waals surface area (Å²) in [5.41, 5.74) is 5.00. The number of methoxy groups -OCH3 is 1. The van der Waals surface area contributed by atoms with E-state index in [1.165, 1.54) is 18.4 Å². The number of benzene rings is 1. The van der Waals surface area contributed by atoms with Crippen molar-refractivity contribution in [3.05, 3.63) is 58.5 Å². The van der Waals surface area contributed by atoms with Crippen LogP contribution in [-0.4, -0.2) is 29.6 Å². The number of carbonyl (C=O) groups is 1. The molecule has 0 bridgehead atoms. The summed E-state index contributed by atoms with van der Waals surface area (Å²) < 4.78 is 4.83. The first-order valence-electron chi connectivity index (χ1n) is 7.73. The third kappa shape index (κ3) is 2.41.